The highest BCUT2D eigenvalue weighted by Gasteiger charge is 2.16. The van der Waals surface area contributed by atoms with Crippen molar-refractivity contribution in [3.63, 3.8) is 0 Å². The Morgan fingerprint density at radius 1 is 1.41 bits per heavy atom. The van der Waals surface area contributed by atoms with Gasteiger partial charge in [-0.1, -0.05) is 6.92 Å². The van der Waals surface area contributed by atoms with Gasteiger partial charge in [0, 0.05) is 11.6 Å². The lowest BCUT2D eigenvalue weighted by Gasteiger charge is -2.26. The molecule has 1 aromatic heterocycles. The Hall–Kier alpha value is -1.36. The Kier molecular flexibility index (Phi) is 5.15. The predicted octanol–water partition coefficient (Wildman–Crippen LogP) is 1.80. The fourth-order valence-electron chi connectivity index (χ4n) is 1.46. The Bertz CT molecular complexity index is 341. The Labute approximate surface area is 103 Å². The van der Waals surface area contributed by atoms with Gasteiger partial charge in [0.05, 0.1) is 6.61 Å². The molecule has 1 rings (SSSR count). The number of nitrogens with one attached hydrogen (secondary N) is 1. The summed E-state index contributed by atoms with van der Waals surface area (Å²) in [5.74, 6) is 1.37. The van der Waals surface area contributed by atoms with Gasteiger partial charge in [0.2, 0.25) is 5.88 Å². The Morgan fingerprint density at radius 2 is 2.18 bits per heavy atom. The first-order valence-corrected chi connectivity index (χ1v) is 6.00. The molecule has 1 heterocycles. The number of anilines is 1. The summed E-state index contributed by atoms with van der Waals surface area (Å²) in [4.78, 5) is 8.23. The second kappa shape index (κ2) is 6.39. The number of rotatable bonds is 7. The minimum atomic E-state index is -0.0782. The zero-order valence-electron chi connectivity index (χ0n) is 10.9. The molecule has 0 radical (unpaired) electrons. The van der Waals surface area contributed by atoms with Crippen LogP contribution in [0, 0.1) is 0 Å². The molecule has 0 saturated heterocycles. The molecule has 0 aliphatic carbocycles. The van der Waals surface area contributed by atoms with Crippen LogP contribution in [-0.2, 0) is 0 Å². The van der Waals surface area contributed by atoms with Crippen LogP contribution in [0.2, 0.25) is 0 Å². The average Bonchev–Trinajstić information content (AvgIpc) is 2.26. The summed E-state index contributed by atoms with van der Waals surface area (Å²) in [6.07, 6.45) is 3.35. The summed E-state index contributed by atoms with van der Waals surface area (Å²) >= 11 is 0. The van der Waals surface area contributed by atoms with Gasteiger partial charge in [-0.3, -0.25) is 0 Å². The standard InChI is InChI=1S/C12H22N4O/c1-4-7-17-11-8-10(14-9-15-11)16-12(2,3)5-6-13/h8-9H,4-7,13H2,1-3H3,(H,14,15,16). The Morgan fingerprint density at radius 3 is 2.82 bits per heavy atom. The number of aromatic nitrogens is 2. The van der Waals surface area contributed by atoms with Crippen LogP contribution in [0.1, 0.15) is 33.6 Å². The number of nitrogens with zero attached hydrogens (tertiary/aromatic N) is 2. The van der Waals surface area contributed by atoms with Gasteiger partial charge in [-0.15, -0.1) is 0 Å². The summed E-state index contributed by atoms with van der Waals surface area (Å²) in [6, 6.07) is 1.81. The Balaban J connectivity index is 2.64. The fraction of sp³-hybridized carbons (Fsp3) is 0.667. The quantitative estimate of drug-likeness (QED) is 0.758. The van der Waals surface area contributed by atoms with Gasteiger partial charge >= 0.3 is 0 Å². The first kappa shape index (κ1) is 13.7. The van der Waals surface area contributed by atoms with Crippen molar-refractivity contribution in [1.82, 2.24) is 9.97 Å². The van der Waals surface area contributed by atoms with Gasteiger partial charge in [0.1, 0.15) is 12.1 Å². The minimum Gasteiger partial charge on any atom is -0.478 e. The smallest absolute Gasteiger partial charge is 0.218 e. The molecule has 96 valence electrons. The molecule has 0 spiro atoms. The summed E-state index contributed by atoms with van der Waals surface area (Å²) < 4.78 is 5.45. The van der Waals surface area contributed by atoms with E-state index < -0.39 is 0 Å². The molecule has 0 amide bonds. The van der Waals surface area contributed by atoms with E-state index >= 15 is 0 Å². The predicted molar refractivity (Wildman–Crippen MR) is 69.2 cm³/mol. The van der Waals surface area contributed by atoms with Gasteiger partial charge in [-0.2, -0.15) is 0 Å². The average molecular weight is 238 g/mol. The van der Waals surface area contributed by atoms with E-state index in [-0.39, 0.29) is 5.54 Å². The van der Waals surface area contributed by atoms with Crippen molar-refractivity contribution in [3.05, 3.63) is 12.4 Å². The third kappa shape index (κ3) is 4.99. The normalized spacial score (nSPS) is 11.3. The van der Waals surface area contributed by atoms with Crippen LogP contribution in [0.5, 0.6) is 5.88 Å². The molecule has 0 fully saturated rings. The molecule has 0 aliphatic heterocycles. The van der Waals surface area contributed by atoms with Crippen LogP contribution in [0.3, 0.4) is 0 Å². The van der Waals surface area contributed by atoms with Crippen molar-refractivity contribution in [3.8, 4) is 5.88 Å². The van der Waals surface area contributed by atoms with Crippen molar-refractivity contribution >= 4 is 5.82 Å². The van der Waals surface area contributed by atoms with Crippen molar-refractivity contribution in [2.24, 2.45) is 5.73 Å². The van der Waals surface area contributed by atoms with E-state index in [2.05, 4.69) is 36.1 Å². The first-order chi connectivity index (χ1) is 8.07. The van der Waals surface area contributed by atoms with Gasteiger partial charge in [0.25, 0.3) is 0 Å². The van der Waals surface area contributed by atoms with E-state index in [0.29, 0.717) is 19.0 Å². The maximum Gasteiger partial charge on any atom is 0.218 e. The second-order valence-corrected chi connectivity index (χ2v) is 4.64. The van der Waals surface area contributed by atoms with E-state index in [9.17, 15) is 0 Å². The molecule has 5 heteroatoms. The molecule has 5 nitrogen and oxygen atoms in total. The highest BCUT2D eigenvalue weighted by Crippen LogP contribution is 2.18. The molecular weight excluding hydrogens is 216 g/mol. The van der Waals surface area contributed by atoms with Crippen LogP contribution in [0.15, 0.2) is 12.4 Å². The van der Waals surface area contributed by atoms with Crippen LogP contribution >= 0.6 is 0 Å². The van der Waals surface area contributed by atoms with E-state index in [1.807, 2.05) is 6.07 Å². The van der Waals surface area contributed by atoms with Gasteiger partial charge in [-0.05, 0) is 33.2 Å². The molecule has 17 heavy (non-hydrogen) atoms. The van der Waals surface area contributed by atoms with Crippen LogP contribution in [0.25, 0.3) is 0 Å². The van der Waals surface area contributed by atoms with Crippen molar-refractivity contribution in [1.29, 1.82) is 0 Å². The third-order valence-electron chi connectivity index (χ3n) is 2.33. The lowest BCUT2D eigenvalue weighted by atomic mass is 10.0. The topological polar surface area (TPSA) is 73.1 Å². The molecule has 0 atom stereocenters. The van der Waals surface area contributed by atoms with E-state index in [4.69, 9.17) is 10.5 Å². The highest BCUT2D eigenvalue weighted by atomic mass is 16.5. The second-order valence-electron chi connectivity index (χ2n) is 4.64. The molecule has 1 aromatic rings. The van der Waals surface area contributed by atoms with E-state index in [1.54, 1.807) is 0 Å². The monoisotopic (exact) mass is 238 g/mol. The zero-order valence-corrected chi connectivity index (χ0v) is 10.9. The number of hydrogen-bond donors (Lipinski definition) is 2. The van der Waals surface area contributed by atoms with Gasteiger partial charge in [-0.25, -0.2) is 9.97 Å². The van der Waals surface area contributed by atoms with Crippen LogP contribution < -0.4 is 15.8 Å². The number of nitrogens with two attached hydrogens (primary N) is 1. The van der Waals surface area contributed by atoms with Crippen molar-refractivity contribution < 1.29 is 4.74 Å². The van der Waals surface area contributed by atoms with E-state index in [0.717, 1.165) is 18.7 Å². The molecule has 0 bridgehead atoms. The van der Waals surface area contributed by atoms with Crippen LogP contribution in [0.4, 0.5) is 5.82 Å². The van der Waals surface area contributed by atoms with Crippen LogP contribution in [-0.4, -0.2) is 28.7 Å². The van der Waals surface area contributed by atoms with Crippen molar-refractivity contribution in [2.45, 2.75) is 39.2 Å². The van der Waals surface area contributed by atoms with Crippen molar-refractivity contribution in [2.75, 3.05) is 18.5 Å². The summed E-state index contributed by atoms with van der Waals surface area (Å²) in [5, 5.41) is 3.32. The van der Waals surface area contributed by atoms with Gasteiger partial charge < -0.3 is 15.8 Å². The highest BCUT2D eigenvalue weighted by molar-refractivity contribution is 5.39. The number of hydrogen-bond acceptors (Lipinski definition) is 5. The lowest BCUT2D eigenvalue weighted by Crippen LogP contribution is -2.33. The zero-order chi connectivity index (χ0) is 12.7. The molecule has 0 unspecified atom stereocenters. The third-order valence-corrected chi connectivity index (χ3v) is 2.33. The summed E-state index contributed by atoms with van der Waals surface area (Å²) in [5.41, 5.74) is 5.49. The fourth-order valence-corrected chi connectivity index (χ4v) is 1.46. The maximum atomic E-state index is 5.57. The number of ether oxygens (including phenoxy) is 1. The van der Waals surface area contributed by atoms with E-state index in [1.165, 1.54) is 6.33 Å². The molecule has 0 aromatic carbocycles. The maximum absolute atomic E-state index is 5.57. The summed E-state index contributed by atoms with van der Waals surface area (Å²) in [7, 11) is 0. The molecule has 0 saturated carbocycles. The molecule has 0 aliphatic rings. The molecule has 3 N–H and O–H groups in total. The largest absolute Gasteiger partial charge is 0.478 e. The minimum absolute atomic E-state index is 0.0782. The SMILES string of the molecule is CCCOc1cc(NC(C)(C)CCN)ncn1. The molecular formula is C12H22N4O. The first-order valence-electron chi connectivity index (χ1n) is 6.00. The summed E-state index contributed by atoms with van der Waals surface area (Å²) in [6.45, 7) is 7.56. The van der Waals surface area contributed by atoms with Gasteiger partial charge in [0.15, 0.2) is 0 Å². The lowest BCUT2D eigenvalue weighted by molar-refractivity contribution is 0.305.